The van der Waals surface area contributed by atoms with E-state index >= 15 is 0 Å². The van der Waals surface area contributed by atoms with Crippen molar-refractivity contribution < 1.29 is 9.18 Å². The van der Waals surface area contributed by atoms with Crippen molar-refractivity contribution >= 4 is 5.91 Å². The molecule has 2 rings (SSSR count). The van der Waals surface area contributed by atoms with Crippen molar-refractivity contribution in [1.29, 1.82) is 0 Å². The first kappa shape index (κ1) is 15.3. The van der Waals surface area contributed by atoms with E-state index in [-0.39, 0.29) is 17.3 Å². The fourth-order valence-corrected chi connectivity index (χ4v) is 2.20. The highest BCUT2D eigenvalue weighted by Crippen LogP contribution is 2.16. The van der Waals surface area contributed by atoms with Crippen molar-refractivity contribution in [2.75, 3.05) is 0 Å². The van der Waals surface area contributed by atoms with Crippen molar-refractivity contribution in [2.24, 2.45) is 7.05 Å². The number of hydrogen-bond donors (Lipinski definition) is 1. The van der Waals surface area contributed by atoms with E-state index in [0.29, 0.717) is 17.7 Å². The SMILES string of the molecule is Cn1c(Cc2ccccc2F)ccc1C(=O)NC(C)(C)C. The summed E-state index contributed by atoms with van der Waals surface area (Å²) in [6.45, 7) is 5.82. The summed E-state index contributed by atoms with van der Waals surface area (Å²) >= 11 is 0. The number of rotatable bonds is 3. The Hall–Kier alpha value is -2.10. The number of nitrogens with zero attached hydrogens (tertiary/aromatic N) is 1. The van der Waals surface area contributed by atoms with Crippen LogP contribution in [0.25, 0.3) is 0 Å². The number of carbonyl (C=O) groups excluding carboxylic acids is 1. The minimum atomic E-state index is -0.285. The van der Waals surface area contributed by atoms with Gasteiger partial charge in [-0.15, -0.1) is 0 Å². The zero-order chi connectivity index (χ0) is 15.6. The minimum absolute atomic E-state index is 0.121. The van der Waals surface area contributed by atoms with Gasteiger partial charge in [-0.2, -0.15) is 0 Å². The lowest BCUT2D eigenvalue weighted by Gasteiger charge is -2.20. The zero-order valence-electron chi connectivity index (χ0n) is 12.9. The number of hydrogen-bond acceptors (Lipinski definition) is 1. The van der Waals surface area contributed by atoms with E-state index in [1.807, 2.05) is 44.5 Å². The molecule has 0 aliphatic carbocycles. The molecular weight excluding hydrogens is 267 g/mol. The van der Waals surface area contributed by atoms with Crippen LogP contribution in [0.1, 0.15) is 42.5 Å². The lowest BCUT2D eigenvalue weighted by molar-refractivity contribution is 0.0911. The fourth-order valence-electron chi connectivity index (χ4n) is 2.20. The van der Waals surface area contributed by atoms with Crippen LogP contribution in [0.2, 0.25) is 0 Å². The van der Waals surface area contributed by atoms with E-state index < -0.39 is 0 Å². The quantitative estimate of drug-likeness (QED) is 0.924. The van der Waals surface area contributed by atoms with Crippen LogP contribution >= 0.6 is 0 Å². The van der Waals surface area contributed by atoms with Gasteiger partial charge in [-0.1, -0.05) is 18.2 Å². The summed E-state index contributed by atoms with van der Waals surface area (Å²) in [6, 6.07) is 10.3. The molecule has 21 heavy (non-hydrogen) atoms. The van der Waals surface area contributed by atoms with E-state index in [2.05, 4.69) is 5.32 Å². The molecule has 2 aromatic rings. The molecule has 0 radical (unpaired) electrons. The second kappa shape index (κ2) is 5.72. The van der Waals surface area contributed by atoms with E-state index in [4.69, 9.17) is 0 Å². The molecule has 1 amide bonds. The first-order valence-corrected chi connectivity index (χ1v) is 6.98. The molecule has 4 heteroatoms. The van der Waals surface area contributed by atoms with E-state index in [9.17, 15) is 9.18 Å². The number of amides is 1. The monoisotopic (exact) mass is 288 g/mol. The van der Waals surface area contributed by atoms with Crippen LogP contribution in [0.5, 0.6) is 0 Å². The summed E-state index contributed by atoms with van der Waals surface area (Å²) in [4.78, 5) is 12.2. The maximum absolute atomic E-state index is 13.7. The molecule has 0 saturated carbocycles. The third-order valence-electron chi connectivity index (χ3n) is 3.28. The van der Waals surface area contributed by atoms with Crippen molar-refractivity contribution in [3.05, 3.63) is 59.2 Å². The molecule has 0 spiro atoms. The second-order valence-electron chi connectivity index (χ2n) is 6.24. The lowest BCUT2D eigenvalue weighted by Crippen LogP contribution is -2.41. The maximum Gasteiger partial charge on any atom is 0.268 e. The Morgan fingerprint density at radius 1 is 1.19 bits per heavy atom. The van der Waals surface area contributed by atoms with Gasteiger partial charge in [-0.25, -0.2) is 4.39 Å². The molecule has 0 bridgehead atoms. The van der Waals surface area contributed by atoms with Crippen LogP contribution in [0, 0.1) is 5.82 Å². The summed E-state index contributed by atoms with van der Waals surface area (Å²) in [5, 5.41) is 2.93. The highest BCUT2D eigenvalue weighted by atomic mass is 19.1. The Labute approximate surface area is 124 Å². The molecule has 0 saturated heterocycles. The van der Waals surface area contributed by atoms with Gasteiger partial charge >= 0.3 is 0 Å². The Kier molecular flexibility index (Phi) is 4.16. The Balaban J connectivity index is 2.21. The third-order valence-corrected chi connectivity index (χ3v) is 3.28. The van der Waals surface area contributed by atoms with Gasteiger partial charge in [0.2, 0.25) is 0 Å². The standard InChI is InChI=1S/C17H21FN2O/c1-17(2,3)19-16(21)15-10-9-13(20(15)4)11-12-7-5-6-8-14(12)18/h5-10H,11H2,1-4H3,(H,19,21). The normalized spacial score (nSPS) is 11.5. The Morgan fingerprint density at radius 3 is 2.48 bits per heavy atom. The van der Waals surface area contributed by atoms with Crippen molar-refractivity contribution in [3.8, 4) is 0 Å². The highest BCUT2D eigenvalue weighted by Gasteiger charge is 2.18. The summed E-state index contributed by atoms with van der Waals surface area (Å²) in [5.74, 6) is -0.343. The number of halogens is 1. The van der Waals surface area contributed by atoms with Gasteiger partial charge in [0.1, 0.15) is 11.5 Å². The van der Waals surface area contributed by atoms with Gasteiger partial charge in [0.15, 0.2) is 0 Å². The highest BCUT2D eigenvalue weighted by molar-refractivity contribution is 5.93. The van der Waals surface area contributed by atoms with Crippen molar-refractivity contribution in [1.82, 2.24) is 9.88 Å². The van der Waals surface area contributed by atoms with Crippen LogP contribution in [0.15, 0.2) is 36.4 Å². The summed E-state index contributed by atoms with van der Waals surface area (Å²) in [6.07, 6.45) is 0.464. The first-order valence-electron chi connectivity index (χ1n) is 6.98. The van der Waals surface area contributed by atoms with Crippen LogP contribution in [-0.4, -0.2) is 16.0 Å². The molecule has 0 fully saturated rings. The maximum atomic E-state index is 13.7. The topological polar surface area (TPSA) is 34.0 Å². The second-order valence-corrected chi connectivity index (χ2v) is 6.24. The molecule has 112 valence electrons. The Morgan fingerprint density at radius 2 is 1.86 bits per heavy atom. The first-order chi connectivity index (χ1) is 9.78. The van der Waals surface area contributed by atoms with Crippen molar-refractivity contribution in [3.63, 3.8) is 0 Å². The Bertz CT molecular complexity index is 653. The van der Waals surface area contributed by atoms with Gasteiger partial charge in [-0.3, -0.25) is 4.79 Å². The largest absolute Gasteiger partial charge is 0.346 e. The van der Waals surface area contributed by atoms with E-state index in [1.54, 1.807) is 18.2 Å². The predicted octanol–water partition coefficient (Wildman–Crippen LogP) is 3.28. The smallest absolute Gasteiger partial charge is 0.268 e. The molecule has 1 heterocycles. The van der Waals surface area contributed by atoms with Gasteiger partial charge in [-0.05, 0) is 44.5 Å². The van der Waals surface area contributed by atoms with Crippen LogP contribution in [-0.2, 0) is 13.5 Å². The number of benzene rings is 1. The van der Waals surface area contributed by atoms with Crippen LogP contribution in [0.4, 0.5) is 4.39 Å². The summed E-state index contributed by atoms with van der Waals surface area (Å²) in [5.41, 5.74) is 1.82. The van der Waals surface area contributed by atoms with E-state index in [0.717, 1.165) is 5.69 Å². The lowest BCUT2D eigenvalue weighted by atomic mass is 10.1. The number of aromatic nitrogens is 1. The number of nitrogens with one attached hydrogen (secondary N) is 1. The van der Waals surface area contributed by atoms with Crippen LogP contribution in [0.3, 0.4) is 0 Å². The van der Waals surface area contributed by atoms with E-state index in [1.165, 1.54) is 6.07 Å². The fraction of sp³-hybridized carbons (Fsp3) is 0.353. The molecule has 1 N–H and O–H groups in total. The van der Waals surface area contributed by atoms with Gasteiger partial charge in [0.25, 0.3) is 5.91 Å². The third kappa shape index (κ3) is 3.72. The molecular formula is C17H21FN2O. The molecule has 0 aliphatic heterocycles. The predicted molar refractivity (Wildman–Crippen MR) is 81.8 cm³/mol. The van der Waals surface area contributed by atoms with Crippen LogP contribution < -0.4 is 5.32 Å². The molecule has 1 aromatic carbocycles. The molecule has 0 atom stereocenters. The van der Waals surface area contributed by atoms with Crippen molar-refractivity contribution in [2.45, 2.75) is 32.7 Å². The minimum Gasteiger partial charge on any atom is -0.346 e. The summed E-state index contributed by atoms with van der Waals surface area (Å²) in [7, 11) is 1.83. The average molecular weight is 288 g/mol. The van der Waals surface area contributed by atoms with Gasteiger partial charge < -0.3 is 9.88 Å². The van der Waals surface area contributed by atoms with Gasteiger partial charge in [0.05, 0.1) is 0 Å². The molecule has 1 aromatic heterocycles. The number of carbonyl (C=O) groups is 1. The molecule has 0 aliphatic rings. The average Bonchev–Trinajstić information content (AvgIpc) is 2.72. The summed E-state index contributed by atoms with van der Waals surface area (Å²) < 4.78 is 15.5. The molecule has 3 nitrogen and oxygen atoms in total. The molecule has 0 unspecified atom stereocenters. The van der Waals surface area contributed by atoms with Gasteiger partial charge in [0, 0.05) is 24.7 Å². The zero-order valence-corrected chi connectivity index (χ0v) is 12.9.